The summed E-state index contributed by atoms with van der Waals surface area (Å²) in [5.74, 6) is 1.47. The number of rotatable bonds is 3. The summed E-state index contributed by atoms with van der Waals surface area (Å²) in [4.78, 5) is 24.7. The van der Waals surface area contributed by atoms with Gasteiger partial charge in [-0.1, -0.05) is 31.4 Å². The van der Waals surface area contributed by atoms with Crippen LogP contribution in [0.3, 0.4) is 0 Å². The highest BCUT2D eigenvalue weighted by Gasteiger charge is 2.32. The Kier molecular flexibility index (Phi) is 4.74. The minimum absolute atomic E-state index is 0.0144. The topological polar surface area (TPSA) is 63.4 Å². The Hall–Kier alpha value is -2.17. The van der Waals surface area contributed by atoms with E-state index in [1.807, 2.05) is 4.90 Å². The second-order valence-electron chi connectivity index (χ2n) is 6.56. The Labute approximate surface area is 136 Å². The lowest BCUT2D eigenvalue weighted by atomic mass is 9.75. The standard InChI is InChI=1S/C18H22N2O3/c21-18(9-8-14-4-3-7-17(12-14)20(22)23)19-11-10-15-5-1-2-6-16(15)13-19/h3-4,7-9,12,15-16H,1-2,5-6,10-11,13H2/b9-8+/t15-,16-/m1/s1. The molecule has 2 fully saturated rings. The molecule has 1 aliphatic carbocycles. The molecule has 2 aliphatic rings. The number of amides is 1. The molecule has 0 unspecified atom stereocenters. The van der Waals surface area contributed by atoms with Gasteiger partial charge in [0.05, 0.1) is 4.92 Å². The minimum Gasteiger partial charge on any atom is -0.339 e. The predicted molar refractivity (Wildman–Crippen MR) is 88.8 cm³/mol. The fraction of sp³-hybridized carbons (Fsp3) is 0.500. The molecule has 3 rings (SSSR count). The summed E-state index contributed by atoms with van der Waals surface area (Å²) < 4.78 is 0. The van der Waals surface area contributed by atoms with E-state index < -0.39 is 4.92 Å². The van der Waals surface area contributed by atoms with Gasteiger partial charge in [0.25, 0.3) is 5.69 Å². The number of piperidine rings is 1. The fourth-order valence-corrected chi connectivity index (χ4v) is 3.82. The maximum absolute atomic E-state index is 12.4. The minimum atomic E-state index is -0.424. The number of hydrogen-bond acceptors (Lipinski definition) is 3. The van der Waals surface area contributed by atoms with Crippen molar-refractivity contribution in [3.63, 3.8) is 0 Å². The van der Waals surface area contributed by atoms with Crippen molar-refractivity contribution >= 4 is 17.7 Å². The van der Waals surface area contributed by atoms with Gasteiger partial charge in [-0.25, -0.2) is 0 Å². The normalized spacial score (nSPS) is 24.4. The number of nitro groups is 1. The Morgan fingerprint density at radius 2 is 2.00 bits per heavy atom. The number of fused-ring (bicyclic) bond motifs is 1. The van der Waals surface area contributed by atoms with E-state index >= 15 is 0 Å². The summed E-state index contributed by atoms with van der Waals surface area (Å²) in [5, 5.41) is 10.8. The molecule has 1 aliphatic heterocycles. The molecule has 5 heteroatoms. The van der Waals surface area contributed by atoms with Crippen molar-refractivity contribution in [3.05, 3.63) is 46.0 Å². The highest BCUT2D eigenvalue weighted by atomic mass is 16.6. The first-order valence-corrected chi connectivity index (χ1v) is 8.35. The van der Waals surface area contributed by atoms with Gasteiger partial charge < -0.3 is 4.90 Å². The Morgan fingerprint density at radius 3 is 2.78 bits per heavy atom. The van der Waals surface area contributed by atoms with Gasteiger partial charge in [-0.3, -0.25) is 14.9 Å². The van der Waals surface area contributed by atoms with Crippen LogP contribution in [0.5, 0.6) is 0 Å². The Morgan fingerprint density at radius 1 is 1.22 bits per heavy atom. The molecule has 0 N–H and O–H groups in total. The van der Waals surface area contributed by atoms with Gasteiger partial charge in [-0.2, -0.15) is 0 Å². The molecule has 1 amide bonds. The van der Waals surface area contributed by atoms with Crippen molar-refractivity contribution in [2.45, 2.75) is 32.1 Å². The molecular formula is C18H22N2O3. The van der Waals surface area contributed by atoms with Crippen LogP contribution in [-0.4, -0.2) is 28.8 Å². The Bertz CT molecular complexity index is 626. The molecule has 2 atom stereocenters. The highest BCUT2D eigenvalue weighted by Crippen LogP contribution is 2.36. The van der Waals surface area contributed by atoms with Crippen LogP contribution < -0.4 is 0 Å². The molecule has 1 saturated carbocycles. The van der Waals surface area contributed by atoms with Crippen LogP contribution in [0.25, 0.3) is 6.08 Å². The second-order valence-corrected chi connectivity index (χ2v) is 6.56. The van der Waals surface area contributed by atoms with Crippen LogP contribution in [0.15, 0.2) is 30.3 Å². The first-order chi connectivity index (χ1) is 11.1. The molecule has 0 bridgehead atoms. The predicted octanol–water partition coefficient (Wildman–Crippen LogP) is 3.65. The van der Waals surface area contributed by atoms with Crippen molar-refractivity contribution in [1.82, 2.24) is 4.90 Å². The number of hydrogen-bond donors (Lipinski definition) is 0. The summed E-state index contributed by atoms with van der Waals surface area (Å²) in [7, 11) is 0. The first kappa shape index (κ1) is 15.7. The summed E-state index contributed by atoms with van der Waals surface area (Å²) in [6, 6.07) is 6.34. The monoisotopic (exact) mass is 314 g/mol. The van der Waals surface area contributed by atoms with Gasteiger partial charge in [0.2, 0.25) is 5.91 Å². The van der Waals surface area contributed by atoms with Crippen molar-refractivity contribution < 1.29 is 9.72 Å². The zero-order valence-electron chi connectivity index (χ0n) is 13.2. The molecule has 1 aromatic carbocycles. The number of carbonyl (C=O) groups is 1. The van der Waals surface area contributed by atoms with Gasteiger partial charge in [-0.15, -0.1) is 0 Å². The van der Waals surface area contributed by atoms with Crippen molar-refractivity contribution in [2.24, 2.45) is 11.8 Å². The summed E-state index contributed by atoms with van der Waals surface area (Å²) in [6.07, 6.45) is 9.50. The molecule has 0 radical (unpaired) electrons. The average Bonchev–Trinajstić information content (AvgIpc) is 2.59. The smallest absolute Gasteiger partial charge is 0.270 e. The zero-order valence-corrected chi connectivity index (χ0v) is 13.2. The van der Waals surface area contributed by atoms with E-state index in [0.29, 0.717) is 11.5 Å². The van der Waals surface area contributed by atoms with Crippen LogP contribution in [0.2, 0.25) is 0 Å². The molecular weight excluding hydrogens is 292 g/mol. The lowest BCUT2D eigenvalue weighted by Crippen LogP contribution is -2.44. The van der Waals surface area contributed by atoms with Crippen LogP contribution in [0, 0.1) is 22.0 Å². The number of nitro benzene ring substituents is 1. The van der Waals surface area contributed by atoms with Gasteiger partial charge in [0.1, 0.15) is 0 Å². The molecule has 1 saturated heterocycles. The summed E-state index contributed by atoms with van der Waals surface area (Å²) in [5.41, 5.74) is 0.725. The Balaban J connectivity index is 1.62. The average molecular weight is 314 g/mol. The molecule has 1 heterocycles. The van der Waals surface area contributed by atoms with Gasteiger partial charge in [0, 0.05) is 31.3 Å². The fourth-order valence-electron chi connectivity index (χ4n) is 3.82. The zero-order chi connectivity index (χ0) is 16.2. The SMILES string of the molecule is O=C(/C=C/c1cccc([N+](=O)[O-])c1)N1CC[C@H]2CCCC[C@@H]2C1. The molecule has 0 aromatic heterocycles. The van der Waals surface area contributed by atoms with Crippen LogP contribution in [-0.2, 0) is 4.79 Å². The van der Waals surface area contributed by atoms with E-state index in [0.717, 1.165) is 25.4 Å². The number of carbonyl (C=O) groups excluding carboxylic acids is 1. The largest absolute Gasteiger partial charge is 0.339 e. The lowest BCUT2D eigenvalue weighted by Gasteiger charge is -2.41. The van der Waals surface area contributed by atoms with Crippen molar-refractivity contribution in [1.29, 1.82) is 0 Å². The van der Waals surface area contributed by atoms with Gasteiger partial charge in [0.15, 0.2) is 0 Å². The van der Waals surface area contributed by atoms with Crippen LogP contribution in [0.4, 0.5) is 5.69 Å². The summed E-state index contributed by atoms with van der Waals surface area (Å²) in [6.45, 7) is 1.70. The first-order valence-electron chi connectivity index (χ1n) is 8.35. The van der Waals surface area contributed by atoms with Gasteiger partial charge >= 0.3 is 0 Å². The highest BCUT2D eigenvalue weighted by molar-refractivity contribution is 5.91. The van der Waals surface area contributed by atoms with Crippen LogP contribution in [0.1, 0.15) is 37.7 Å². The number of benzene rings is 1. The lowest BCUT2D eigenvalue weighted by molar-refractivity contribution is -0.384. The third kappa shape index (κ3) is 3.78. The van der Waals surface area contributed by atoms with Crippen molar-refractivity contribution in [2.75, 3.05) is 13.1 Å². The maximum atomic E-state index is 12.4. The van der Waals surface area contributed by atoms with E-state index in [9.17, 15) is 14.9 Å². The molecule has 1 aromatic rings. The quantitative estimate of drug-likeness (QED) is 0.486. The second kappa shape index (κ2) is 6.94. The van der Waals surface area contributed by atoms with Crippen LogP contribution >= 0.6 is 0 Å². The van der Waals surface area contributed by atoms with E-state index in [1.165, 1.54) is 37.8 Å². The summed E-state index contributed by atoms with van der Waals surface area (Å²) >= 11 is 0. The van der Waals surface area contributed by atoms with E-state index in [4.69, 9.17) is 0 Å². The third-order valence-corrected chi connectivity index (χ3v) is 5.10. The maximum Gasteiger partial charge on any atom is 0.270 e. The van der Waals surface area contributed by atoms with E-state index in [1.54, 1.807) is 24.3 Å². The van der Waals surface area contributed by atoms with E-state index in [-0.39, 0.29) is 11.6 Å². The van der Waals surface area contributed by atoms with E-state index in [2.05, 4.69) is 0 Å². The number of likely N-dealkylation sites (tertiary alicyclic amines) is 1. The van der Waals surface area contributed by atoms with Crippen molar-refractivity contribution in [3.8, 4) is 0 Å². The molecule has 122 valence electrons. The molecule has 5 nitrogen and oxygen atoms in total. The molecule has 23 heavy (non-hydrogen) atoms. The third-order valence-electron chi connectivity index (χ3n) is 5.10. The molecule has 0 spiro atoms. The number of nitrogens with zero attached hydrogens (tertiary/aromatic N) is 2. The van der Waals surface area contributed by atoms with Gasteiger partial charge in [-0.05, 0) is 36.3 Å². The number of non-ortho nitro benzene ring substituents is 1.